The predicted molar refractivity (Wildman–Crippen MR) is 146 cm³/mol. The number of benzene rings is 3. The molecule has 4 rings (SSSR count). The Labute approximate surface area is 216 Å². The molecule has 1 aliphatic rings. The molecule has 7 heteroatoms. The normalized spacial score (nSPS) is 17.3. The van der Waals surface area contributed by atoms with Gasteiger partial charge in [-0.1, -0.05) is 109 Å². The van der Waals surface area contributed by atoms with E-state index in [2.05, 4.69) is 89.4 Å². The zero-order valence-corrected chi connectivity index (χ0v) is 21.0. The number of hydrogen-bond donors (Lipinski definition) is 0. The SMILES string of the molecule is C=CCOC(=O)N1C[C@@H](SC(c2ccccc2)(c2ccccc2)c2ccccc2)C[C@H]1CCN=[N+]=[N-]. The molecule has 0 spiro atoms. The van der Waals surface area contributed by atoms with Gasteiger partial charge in [0.2, 0.25) is 0 Å². The van der Waals surface area contributed by atoms with Crippen molar-refractivity contribution >= 4 is 17.9 Å². The van der Waals surface area contributed by atoms with E-state index in [1.54, 1.807) is 11.0 Å². The highest BCUT2D eigenvalue weighted by molar-refractivity contribution is 8.01. The maximum absolute atomic E-state index is 12.9. The highest BCUT2D eigenvalue weighted by Crippen LogP contribution is 2.52. The lowest BCUT2D eigenvalue weighted by molar-refractivity contribution is 0.107. The van der Waals surface area contributed by atoms with E-state index in [9.17, 15) is 4.79 Å². The number of hydrogen-bond acceptors (Lipinski definition) is 4. The molecule has 2 atom stereocenters. The quantitative estimate of drug-likeness (QED) is 0.0976. The van der Waals surface area contributed by atoms with E-state index in [4.69, 9.17) is 10.3 Å². The Kier molecular flexibility index (Phi) is 8.71. The topological polar surface area (TPSA) is 78.3 Å². The molecule has 6 nitrogen and oxygen atoms in total. The zero-order valence-electron chi connectivity index (χ0n) is 20.1. The van der Waals surface area contributed by atoms with Crippen LogP contribution < -0.4 is 0 Å². The second-order valence-electron chi connectivity index (χ2n) is 8.67. The van der Waals surface area contributed by atoms with Crippen molar-refractivity contribution in [1.82, 2.24) is 4.90 Å². The molecular formula is C29H30N4O2S. The molecule has 184 valence electrons. The Morgan fingerprint density at radius 2 is 1.56 bits per heavy atom. The van der Waals surface area contributed by atoms with E-state index in [1.807, 2.05) is 30.0 Å². The first-order chi connectivity index (χ1) is 17.7. The molecule has 0 unspecified atom stereocenters. The molecule has 3 aromatic carbocycles. The van der Waals surface area contributed by atoms with Gasteiger partial charge in [0.15, 0.2) is 0 Å². The summed E-state index contributed by atoms with van der Waals surface area (Å²) in [6.07, 6.45) is 2.59. The van der Waals surface area contributed by atoms with Gasteiger partial charge in [-0.05, 0) is 35.1 Å². The molecule has 0 aliphatic carbocycles. The van der Waals surface area contributed by atoms with E-state index in [0.29, 0.717) is 19.5 Å². The summed E-state index contributed by atoms with van der Waals surface area (Å²) in [6, 6.07) is 31.6. The zero-order chi connectivity index (χ0) is 25.2. The van der Waals surface area contributed by atoms with Crippen LogP contribution >= 0.6 is 11.8 Å². The molecule has 0 aromatic heterocycles. The monoisotopic (exact) mass is 498 g/mol. The summed E-state index contributed by atoms with van der Waals surface area (Å²) >= 11 is 1.87. The number of rotatable bonds is 10. The van der Waals surface area contributed by atoms with Crippen LogP contribution in [0.1, 0.15) is 29.5 Å². The van der Waals surface area contributed by atoms with Crippen LogP contribution in [0.25, 0.3) is 10.4 Å². The third-order valence-corrected chi connectivity index (χ3v) is 8.18. The van der Waals surface area contributed by atoms with Crippen molar-refractivity contribution in [3.8, 4) is 0 Å². The minimum atomic E-state index is -0.467. The maximum Gasteiger partial charge on any atom is 0.410 e. The number of likely N-dealkylation sites (tertiary alicyclic amines) is 1. The summed E-state index contributed by atoms with van der Waals surface area (Å²) in [7, 11) is 0. The fourth-order valence-electron chi connectivity index (χ4n) is 4.89. The molecule has 0 saturated carbocycles. The number of thioether (sulfide) groups is 1. The van der Waals surface area contributed by atoms with Gasteiger partial charge in [-0.2, -0.15) is 0 Å². The van der Waals surface area contributed by atoms with E-state index in [-0.39, 0.29) is 24.0 Å². The minimum absolute atomic E-state index is 0.0645. The molecule has 1 fully saturated rings. The summed E-state index contributed by atoms with van der Waals surface area (Å²) in [5.74, 6) is 0. The lowest BCUT2D eigenvalue weighted by atomic mass is 9.84. The molecule has 0 radical (unpaired) electrons. The van der Waals surface area contributed by atoms with E-state index in [1.165, 1.54) is 16.7 Å². The van der Waals surface area contributed by atoms with Gasteiger partial charge in [0, 0.05) is 29.3 Å². The second kappa shape index (κ2) is 12.3. The fourth-order valence-corrected chi connectivity index (χ4v) is 6.76. The summed E-state index contributed by atoms with van der Waals surface area (Å²) in [6.45, 7) is 4.70. The van der Waals surface area contributed by atoms with Crippen LogP contribution in [0.2, 0.25) is 0 Å². The van der Waals surface area contributed by atoms with Crippen LogP contribution in [-0.2, 0) is 9.48 Å². The van der Waals surface area contributed by atoms with E-state index in [0.717, 1.165) is 6.42 Å². The van der Waals surface area contributed by atoms with Gasteiger partial charge in [0.05, 0.1) is 4.75 Å². The van der Waals surface area contributed by atoms with Crippen LogP contribution in [0.5, 0.6) is 0 Å². The predicted octanol–water partition coefficient (Wildman–Crippen LogP) is 7.18. The summed E-state index contributed by atoms with van der Waals surface area (Å²) in [5.41, 5.74) is 12.3. The Balaban J connectivity index is 1.75. The standard InChI is InChI=1S/C29H30N4O2S/c1-2-20-35-28(34)33-22-27(21-26(33)18-19-31-32-30)36-29(23-12-6-3-7-13-23,24-14-8-4-9-15-24)25-16-10-5-11-17-25/h2-17,26-27H,1,18-22H2/t26-,27+/m1/s1. The Morgan fingerprint density at radius 3 is 2.03 bits per heavy atom. The molecular weight excluding hydrogens is 468 g/mol. The lowest BCUT2D eigenvalue weighted by Gasteiger charge is -2.37. The highest BCUT2D eigenvalue weighted by atomic mass is 32.2. The summed E-state index contributed by atoms with van der Waals surface area (Å²) in [5, 5.41) is 3.85. The van der Waals surface area contributed by atoms with Crippen LogP contribution in [0.15, 0.2) is 109 Å². The fraction of sp³-hybridized carbons (Fsp3) is 0.276. The van der Waals surface area contributed by atoms with Gasteiger partial charge in [-0.3, -0.25) is 0 Å². The Morgan fingerprint density at radius 1 is 1.03 bits per heavy atom. The minimum Gasteiger partial charge on any atom is -0.445 e. The molecule has 36 heavy (non-hydrogen) atoms. The number of ether oxygens (including phenoxy) is 1. The van der Waals surface area contributed by atoms with Crippen molar-refractivity contribution in [2.24, 2.45) is 5.11 Å². The first-order valence-electron chi connectivity index (χ1n) is 12.1. The molecule has 1 heterocycles. The van der Waals surface area contributed by atoms with Crippen molar-refractivity contribution in [3.05, 3.63) is 131 Å². The molecule has 3 aromatic rings. The third kappa shape index (κ3) is 5.59. The van der Waals surface area contributed by atoms with Crippen molar-refractivity contribution in [2.75, 3.05) is 19.7 Å². The smallest absolute Gasteiger partial charge is 0.410 e. The van der Waals surface area contributed by atoms with Gasteiger partial charge in [0.25, 0.3) is 0 Å². The number of nitrogens with zero attached hydrogens (tertiary/aromatic N) is 4. The summed E-state index contributed by atoms with van der Waals surface area (Å²) in [4.78, 5) is 17.6. The van der Waals surface area contributed by atoms with Gasteiger partial charge in [-0.25, -0.2) is 4.79 Å². The first kappa shape index (κ1) is 25.4. The first-order valence-corrected chi connectivity index (χ1v) is 13.0. The van der Waals surface area contributed by atoms with Crippen LogP contribution in [0.3, 0.4) is 0 Å². The van der Waals surface area contributed by atoms with E-state index < -0.39 is 4.75 Å². The number of carbonyl (C=O) groups is 1. The van der Waals surface area contributed by atoms with Crippen molar-refractivity contribution in [1.29, 1.82) is 0 Å². The highest BCUT2D eigenvalue weighted by Gasteiger charge is 2.44. The second-order valence-corrected chi connectivity index (χ2v) is 10.2. The average Bonchev–Trinajstić information content (AvgIpc) is 3.34. The summed E-state index contributed by atoms with van der Waals surface area (Å²) < 4.78 is 4.93. The number of amides is 1. The van der Waals surface area contributed by atoms with Crippen molar-refractivity contribution < 1.29 is 9.53 Å². The lowest BCUT2D eigenvalue weighted by Crippen LogP contribution is -2.37. The van der Waals surface area contributed by atoms with E-state index >= 15 is 0 Å². The molecule has 1 aliphatic heterocycles. The number of carbonyl (C=O) groups excluding carboxylic acids is 1. The molecule has 0 N–H and O–H groups in total. The molecule has 0 bridgehead atoms. The van der Waals surface area contributed by atoms with Gasteiger partial charge in [-0.15, -0.1) is 11.8 Å². The largest absolute Gasteiger partial charge is 0.445 e. The van der Waals surface area contributed by atoms with Gasteiger partial charge in [0.1, 0.15) is 6.61 Å². The van der Waals surface area contributed by atoms with Gasteiger partial charge < -0.3 is 9.64 Å². The molecule has 1 amide bonds. The maximum atomic E-state index is 12.9. The van der Waals surface area contributed by atoms with Crippen molar-refractivity contribution in [2.45, 2.75) is 28.9 Å². The Bertz CT molecular complexity index is 1090. The van der Waals surface area contributed by atoms with Gasteiger partial charge >= 0.3 is 6.09 Å². The van der Waals surface area contributed by atoms with Crippen LogP contribution in [-0.4, -0.2) is 42.0 Å². The number of azide groups is 1. The van der Waals surface area contributed by atoms with Crippen molar-refractivity contribution in [3.63, 3.8) is 0 Å². The van der Waals surface area contributed by atoms with Crippen LogP contribution in [0, 0.1) is 0 Å². The average molecular weight is 499 g/mol. The molecule has 1 saturated heterocycles. The van der Waals surface area contributed by atoms with Crippen LogP contribution in [0.4, 0.5) is 4.79 Å². The Hall–Kier alpha value is -3.67. The third-order valence-electron chi connectivity index (χ3n) is 6.45.